The summed E-state index contributed by atoms with van der Waals surface area (Å²) in [5.74, 6) is 0.395. The fourth-order valence-electron chi connectivity index (χ4n) is 4.01. The Morgan fingerprint density at radius 1 is 0.757 bits per heavy atom. The van der Waals surface area contributed by atoms with Crippen molar-refractivity contribution in [3.8, 4) is 0 Å². The van der Waals surface area contributed by atoms with Crippen LogP contribution in [0.2, 0.25) is 0 Å². The number of nitrogens with zero attached hydrogens (tertiary/aromatic N) is 1. The standard InChI is InChI=1S/C29H51N3O5/c1-3-4-5-6-7-8-9-10-11-12-13-14-15-16-17-19-23-31-28(33)36-24-26(35-2)25-37-29(34)32-27-21-18-20-22-30-27/h18,20-22,26H,3-17,19,23-25H2,1-2H3,(H,31,33)(H,30,32,34). The van der Waals surface area contributed by atoms with E-state index in [0.717, 1.165) is 12.8 Å². The Bertz CT molecular complexity index is 675. The summed E-state index contributed by atoms with van der Waals surface area (Å²) in [6.07, 6.45) is 21.0. The summed E-state index contributed by atoms with van der Waals surface area (Å²) in [7, 11) is 1.47. The van der Waals surface area contributed by atoms with Crippen LogP contribution in [0.3, 0.4) is 0 Å². The number of ether oxygens (including phenoxy) is 3. The maximum absolute atomic E-state index is 11.9. The van der Waals surface area contributed by atoms with Gasteiger partial charge in [-0.3, -0.25) is 5.32 Å². The second kappa shape index (κ2) is 24.0. The number of carbonyl (C=O) groups is 2. The van der Waals surface area contributed by atoms with Gasteiger partial charge in [-0.1, -0.05) is 109 Å². The normalized spacial score (nSPS) is 11.6. The number of alkyl carbamates (subject to hydrolysis) is 1. The minimum atomic E-state index is -0.645. The molecule has 1 aromatic rings. The molecule has 0 aliphatic heterocycles. The lowest BCUT2D eigenvalue weighted by atomic mass is 10.0. The van der Waals surface area contributed by atoms with E-state index in [1.165, 1.54) is 97.0 Å². The molecule has 0 fully saturated rings. The first-order valence-corrected chi connectivity index (χ1v) is 14.4. The average molecular weight is 522 g/mol. The summed E-state index contributed by atoms with van der Waals surface area (Å²) in [5.41, 5.74) is 0. The summed E-state index contributed by atoms with van der Waals surface area (Å²) >= 11 is 0. The van der Waals surface area contributed by atoms with E-state index in [1.807, 2.05) is 0 Å². The van der Waals surface area contributed by atoms with Crippen LogP contribution >= 0.6 is 0 Å². The van der Waals surface area contributed by atoms with Gasteiger partial charge < -0.3 is 19.5 Å². The highest BCUT2D eigenvalue weighted by molar-refractivity contribution is 5.83. The Morgan fingerprint density at radius 2 is 1.27 bits per heavy atom. The zero-order valence-corrected chi connectivity index (χ0v) is 23.3. The molecule has 0 saturated heterocycles. The highest BCUT2D eigenvalue weighted by Gasteiger charge is 2.14. The van der Waals surface area contributed by atoms with Gasteiger partial charge in [0.1, 0.15) is 25.1 Å². The lowest BCUT2D eigenvalue weighted by molar-refractivity contribution is -0.00215. The minimum Gasteiger partial charge on any atom is -0.447 e. The number of carbonyl (C=O) groups excluding carboxylic acids is 2. The minimum absolute atomic E-state index is 0.00183. The Hall–Kier alpha value is -2.35. The number of hydrogen-bond acceptors (Lipinski definition) is 6. The number of nitrogens with one attached hydrogen (secondary N) is 2. The van der Waals surface area contributed by atoms with Crippen LogP contribution < -0.4 is 10.6 Å². The van der Waals surface area contributed by atoms with Crippen molar-refractivity contribution in [2.75, 3.05) is 32.2 Å². The zero-order valence-electron chi connectivity index (χ0n) is 23.3. The SMILES string of the molecule is CCCCCCCCCCCCCCCCCCNC(=O)OCC(COC(=O)Nc1ccccn1)OC. The quantitative estimate of drug-likeness (QED) is 0.144. The Kier molecular flexibility index (Phi) is 21.2. The monoisotopic (exact) mass is 521 g/mol. The van der Waals surface area contributed by atoms with Crippen molar-refractivity contribution in [3.63, 3.8) is 0 Å². The molecule has 0 aliphatic rings. The molecule has 1 heterocycles. The van der Waals surface area contributed by atoms with Gasteiger partial charge in [0.2, 0.25) is 0 Å². The van der Waals surface area contributed by atoms with Crippen molar-refractivity contribution < 1.29 is 23.8 Å². The molecule has 2 amide bonds. The lowest BCUT2D eigenvalue weighted by Crippen LogP contribution is -2.32. The van der Waals surface area contributed by atoms with Gasteiger partial charge >= 0.3 is 12.2 Å². The molecule has 2 N–H and O–H groups in total. The summed E-state index contributed by atoms with van der Waals surface area (Å²) < 4.78 is 15.5. The molecule has 0 aliphatic carbocycles. The second-order valence-electron chi connectivity index (χ2n) is 9.62. The number of anilines is 1. The number of rotatable bonds is 23. The Labute approximate surface area is 224 Å². The van der Waals surface area contributed by atoms with E-state index in [-0.39, 0.29) is 13.2 Å². The molecule has 1 rings (SSSR count). The highest BCUT2D eigenvalue weighted by Crippen LogP contribution is 2.13. The predicted octanol–water partition coefficient (Wildman–Crippen LogP) is 7.63. The van der Waals surface area contributed by atoms with Gasteiger partial charge in [0.05, 0.1) is 0 Å². The molecule has 8 heteroatoms. The molecule has 0 radical (unpaired) electrons. The molecule has 8 nitrogen and oxygen atoms in total. The number of hydrogen-bond donors (Lipinski definition) is 2. The van der Waals surface area contributed by atoms with E-state index in [9.17, 15) is 9.59 Å². The third-order valence-electron chi connectivity index (χ3n) is 6.33. The van der Waals surface area contributed by atoms with Crippen molar-refractivity contribution in [2.45, 2.75) is 116 Å². The molecule has 1 atom stereocenters. The predicted molar refractivity (Wildman–Crippen MR) is 149 cm³/mol. The molecule has 37 heavy (non-hydrogen) atoms. The van der Waals surface area contributed by atoms with Crippen LogP contribution in [0.4, 0.5) is 15.4 Å². The fraction of sp³-hybridized carbons (Fsp3) is 0.759. The van der Waals surface area contributed by atoms with Gasteiger partial charge in [0.15, 0.2) is 0 Å². The first kappa shape index (κ1) is 32.7. The van der Waals surface area contributed by atoms with Crippen molar-refractivity contribution in [2.24, 2.45) is 0 Å². The number of unbranched alkanes of at least 4 members (excludes halogenated alkanes) is 15. The van der Waals surface area contributed by atoms with Gasteiger partial charge in [0, 0.05) is 19.9 Å². The van der Waals surface area contributed by atoms with Crippen LogP contribution in [0.1, 0.15) is 110 Å². The highest BCUT2D eigenvalue weighted by atomic mass is 16.6. The molecule has 1 unspecified atom stereocenters. The third kappa shape index (κ3) is 20.4. The topological polar surface area (TPSA) is 98.8 Å². The molecular formula is C29H51N3O5. The molecule has 0 aromatic carbocycles. The number of pyridine rings is 1. The first-order chi connectivity index (χ1) is 18.2. The van der Waals surface area contributed by atoms with Crippen molar-refractivity contribution >= 4 is 18.0 Å². The largest absolute Gasteiger partial charge is 0.447 e. The van der Waals surface area contributed by atoms with Crippen LogP contribution in [0.25, 0.3) is 0 Å². The molecule has 0 spiro atoms. The third-order valence-corrected chi connectivity index (χ3v) is 6.33. The Morgan fingerprint density at radius 3 is 1.76 bits per heavy atom. The summed E-state index contributed by atoms with van der Waals surface area (Å²) in [6.45, 7) is 2.82. The van der Waals surface area contributed by atoms with Crippen LogP contribution in [-0.2, 0) is 14.2 Å². The summed E-state index contributed by atoms with van der Waals surface area (Å²) in [5, 5.41) is 5.28. The van der Waals surface area contributed by atoms with Crippen LogP contribution in [0, 0.1) is 0 Å². The average Bonchev–Trinajstić information content (AvgIpc) is 2.91. The summed E-state index contributed by atoms with van der Waals surface area (Å²) in [6, 6.07) is 5.16. The number of methoxy groups -OCH3 is 1. The maximum atomic E-state index is 11.9. The molecule has 0 bridgehead atoms. The first-order valence-electron chi connectivity index (χ1n) is 14.4. The van der Waals surface area contributed by atoms with Gasteiger partial charge in [0.25, 0.3) is 0 Å². The summed E-state index contributed by atoms with van der Waals surface area (Å²) in [4.78, 5) is 27.7. The van der Waals surface area contributed by atoms with E-state index >= 15 is 0 Å². The molecule has 0 saturated carbocycles. The molecular weight excluding hydrogens is 470 g/mol. The second-order valence-corrected chi connectivity index (χ2v) is 9.62. The zero-order chi connectivity index (χ0) is 26.8. The number of amides is 2. The molecule has 1 aromatic heterocycles. The van der Waals surface area contributed by atoms with Gasteiger partial charge in [-0.15, -0.1) is 0 Å². The number of aromatic nitrogens is 1. The fourth-order valence-corrected chi connectivity index (χ4v) is 4.01. The van der Waals surface area contributed by atoms with E-state index < -0.39 is 18.3 Å². The van der Waals surface area contributed by atoms with Crippen LogP contribution in [-0.4, -0.2) is 50.1 Å². The van der Waals surface area contributed by atoms with Crippen molar-refractivity contribution in [3.05, 3.63) is 24.4 Å². The Balaban J connectivity index is 1.88. The van der Waals surface area contributed by atoms with Gasteiger partial charge in [-0.25, -0.2) is 14.6 Å². The van der Waals surface area contributed by atoms with Gasteiger partial charge in [-0.2, -0.15) is 0 Å². The van der Waals surface area contributed by atoms with Crippen LogP contribution in [0.15, 0.2) is 24.4 Å². The van der Waals surface area contributed by atoms with E-state index in [4.69, 9.17) is 14.2 Å². The van der Waals surface area contributed by atoms with Crippen molar-refractivity contribution in [1.29, 1.82) is 0 Å². The van der Waals surface area contributed by atoms with Gasteiger partial charge in [-0.05, 0) is 18.6 Å². The smallest absolute Gasteiger partial charge is 0.412 e. The molecule has 212 valence electrons. The maximum Gasteiger partial charge on any atom is 0.412 e. The van der Waals surface area contributed by atoms with E-state index in [1.54, 1.807) is 24.4 Å². The van der Waals surface area contributed by atoms with Crippen molar-refractivity contribution in [1.82, 2.24) is 10.3 Å². The lowest BCUT2D eigenvalue weighted by Gasteiger charge is -2.16. The van der Waals surface area contributed by atoms with E-state index in [2.05, 4.69) is 22.5 Å². The van der Waals surface area contributed by atoms with E-state index in [0.29, 0.717) is 12.4 Å². The van der Waals surface area contributed by atoms with Crippen LogP contribution in [0.5, 0.6) is 0 Å².